The number of rotatable bonds is 3. The van der Waals surface area contributed by atoms with Crippen LogP contribution in [0.4, 0.5) is 4.39 Å². The molecule has 1 atom stereocenters. The van der Waals surface area contributed by atoms with Crippen molar-refractivity contribution in [2.75, 3.05) is 19.4 Å². The molecule has 1 unspecified atom stereocenters. The van der Waals surface area contributed by atoms with E-state index in [9.17, 15) is 9.18 Å². The molecule has 0 bridgehead atoms. The largest absolute Gasteiger partial charge is 0.491 e. The molecule has 3 rings (SSSR count). The lowest BCUT2D eigenvalue weighted by Crippen LogP contribution is -2.35. The van der Waals surface area contributed by atoms with E-state index in [1.54, 1.807) is 11.0 Å². The second-order valence-corrected chi connectivity index (χ2v) is 6.33. The number of nitrogens with zero attached hydrogens (tertiary/aromatic N) is 1. The number of fused-ring (bicyclic) bond motifs is 1. The van der Waals surface area contributed by atoms with Crippen LogP contribution in [0.25, 0.3) is 0 Å². The Bertz CT molecular complexity index is 693. The SMILES string of the molecule is CSC(C(=O)N1CCOc2cc(F)ccc2C1)c1ccccc1. The molecule has 0 spiro atoms. The number of hydrogen-bond acceptors (Lipinski definition) is 3. The van der Waals surface area contributed by atoms with Crippen molar-refractivity contribution in [2.45, 2.75) is 11.8 Å². The van der Waals surface area contributed by atoms with Gasteiger partial charge in [-0.25, -0.2) is 4.39 Å². The number of halogens is 1. The number of hydrogen-bond donors (Lipinski definition) is 0. The number of ether oxygens (including phenoxy) is 1. The molecule has 120 valence electrons. The molecule has 23 heavy (non-hydrogen) atoms. The molecule has 1 amide bonds. The predicted molar refractivity (Wildman–Crippen MR) is 90.0 cm³/mol. The second kappa shape index (κ2) is 7.04. The predicted octanol–water partition coefficient (Wildman–Crippen LogP) is 3.65. The van der Waals surface area contributed by atoms with E-state index in [-0.39, 0.29) is 17.0 Å². The lowest BCUT2D eigenvalue weighted by Gasteiger charge is -2.25. The van der Waals surface area contributed by atoms with E-state index in [0.29, 0.717) is 25.4 Å². The molecule has 0 aromatic heterocycles. The highest BCUT2D eigenvalue weighted by Crippen LogP contribution is 2.31. The number of amides is 1. The van der Waals surface area contributed by atoms with Gasteiger partial charge in [-0.05, 0) is 17.9 Å². The van der Waals surface area contributed by atoms with Crippen molar-refractivity contribution in [3.63, 3.8) is 0 Å². The number of thioether (sulfide) groups is 1. The smallest absolute Gasteiger partial charge is 0.240 e. The standard InChI is InChI=1S/C18H18FNO2S/c1-23-17(13-5-3-2-4-6-13)18(21)20-9-10-22-16-11-15(19)8-7-14(16)12-20/h2-8,11,17H,9-10,12H2,1H3. The van der Waals surface area contributed by atoms with Crippen molar-refractivity contribution in [3.05, 3.63) is 65.5 Å². The summed E-state index contributed by atoms with van der Waals surface area (Å²) < 4.78 is 18.9. The van der Waals surface area contributed by atoms with E-state index >= 15 is 0 Å². The fraction of sp³-hybridized carbons (Fsp3) is 0.278. The van der Waals surface area contributed by atoms with E-state index in [0.717, 1.165) is 11.1 Å². The highest BCUT2D eigenvalue weighted by atomic mass is 32.2. The lowest BCUT2D eigenvalue weighted by molar-refractivity contribution is -0.131. The van der Waals surface area contributed by atoms with Crippen molar-refractivity contribution in [1.29, 1.82) is 0 Å². The highest BCUT2D eigenvalue weighted by Gasteiger charge is 2.27. The van der Waals surface area contributed by atoms with Crippen molar-refractivity contribution in [3.8, 4) is 5.75 Å². The minimum atomic E-state index is -0.324. The van der Waals surface area contributed by atoms with Crippen molar-refractivity contribution in [1.82, 2.24) is 4.90 Å². The molecule has 0 fully saturated rings. The molecule has 0 N–H and O–H groups in total. The van der Waals surface area contributed by atoms with Crippen LogP contribution in [0.1, 0.15) is 16.4 Å². The molecule has 0 aliphatic carbocycles. The Morgan fingerprint density at radius 3 is 2.78 bits per heavy atom. The molecule has 2 aromatic rings. The van der Waals surface area contributed by atoms with Crippen molar-refractivity contribution in [2.24, 2.45) is 0 Å². The minimum absolute atomic E-state index is 0.0597. The Morgan fingerprint density at radius 2 is 2.04 bits per heavy atom. The van der Waals surface area contributed by atoms with Gasteiger partial charge in [-0.3, -0.25) is 4.79 Å². The van der Waals surface area contributed by atoms with Gasteiger partial charge in [0, 0.05) is 18.2 Å². The van der Waals surface area contributed by atoms with Crippen LogP contribution in [0.3, 0.4) is 0 Å². The normalized spacial score (nSPS) is 15.3. The average molecular weight is 331 g/mol. The summed E-state index contributed by atoms with van der Waals surface area (Å²) in [5.41, 5.74) is 1.83. The quantitative estimate of drug-likeness (QED) is 0.860. The van der Waals surface area contributed by atoms with E-state index in [1.165, 1.54) is 23.9 Å². The van der Waals surface area contributed by atoms with E-state index < -0.39 is 0 Å². The first kappa shape index (κ1) is 15.9. The van der Waals surface area contributed by atoms with Gasteiger partial charge in [-0.15, -0.1) is 11.8 Å². The summed E-state index contributed by atoms with van der Waals surface area (Å²) in [5.74, 6) is 0.264. The van der Waals surface area contributed by atoms with E-state index in [4.69, 9.17) is 4.74 Å². The summed E-state index contributed by atoms with van der Waals surface area (Å²) in [7, 11) is 0. The Balaban J connectivity index is 1.83. The number of benzene rings is 2. The summed E-state index contributed by atoms with van der Waals surface area (Å²) in [5, 5.41) is -0.238. The number of carbonyl (C=O) groups excluding carboxylic acids is 1. The van der Waals surface area contributed by atoms with Crippen LogP contribution in [-0.2, 0) is 11.3 Å². The van der Waals surface area contributed by atoms with Gasteiger partial charge in [-0.2, -0.15) is 0 Å². The van der Waals surface area contributed by atoms with Crippen LogP contribution < -0.4 is 4.74 Å². The van der Waals surface area contributed by atoms with Gasteiger partial charge >= 0.3 is 0 Å². The van der Waals surface area contributed by atoms with Crippen LogP contribution in [0.15, 0.2) is 48.5 Å². The van der Waals surface area contributed by atoms with Gasteiger partial charge in [-0.1, -0.05) is 36.4 Å². The molecule has 0 saturated heterocycles. The van der Waals surface area contributed by atoms with Crippen molar-refractivity contribution >= 4 is 17.7 Å². The zero-order valence-corrected chi connectivity index (χ0v) is 13.7. The van der Waals surface area contributed by atoms with Crippen molar-refractivity contribution < 1.29 is 13.9 Å². The molecule has 1 heterocycles. The monoisotopic (exact) mass is 331 g/mol. The fourth-order valence-electron chi connectivity index (χ4n) is 2.71. The molecule has 0 saturated carbocycles. The van der Waals surface area contributed by atoms with Crippen LogP contribution >= 0.6 is 11.8 Å². The van der Waals surface area contributed by atoms with Gasteiger partial charge in [0.05, 0.1) is 6.54 Å². The van der Waals surface area contributed by atoms with E-state index in [1.807, 2.05) is 36.6 Å². The van der Waals surface area contributed by atoms with Crippen LogP contribution in [0, 0.1) is 5.82 Å². The Morgan fingerprint density at radius 1 is 1.26 bits per heavy atom. The van der Waals surface area contributed by atoms with Crippen LogP contribution in [0.5, 0.6) is 5.75 Å². The Labute approximate surface area is 139 Å². The lowest BCUT2D eigenvalue weighted by atomic mass is 10.1. The Hall–Kier alpha value is -2.01. The third-order valence-electron chi connectivity index (χ3n) is 3.88. The van der Waals surface area contributed by atoms with E-state index in [2.05, 4.69) is 0 Å². The molecule has 1 aliphatic heterocycles. The van der Waals surface area contributed by atoms with Gasteiger partial charge in [0.2, 0.25) is 5.91 Å². The first-order chi connectivity index (χ1) is 11.2. The summed E-state index contributed by atoms with van der Waals surface area (Å²) in [6, 6.07) is 14.2. The van der Waals surface area contributed by atoms with Gasteiger partial charge in [0.1, 0.15) is 23.4 Å². The Kier molecular flexibility index (Phi) is 4.86. The first-order valence-corrected chi connectivity index (χ1v) is 8.75. The average Bonchev–Trinajstić information content (AvgIpc) is 2.78. The molecule has 3 nitrogen and oxygen atoms in total. The minimum Gasteiger partial charge on any atom is -0.491 e. The zero-order valence-electron chi connectivity index (χ0n) is 12.9. The molecule has 2 aromatic carbocycles. The number of carbonyl (C=O) groups is 1. The third-order valence-corrected chi connectivity index (χ3v) is 4.83. The van der Waals surface area contributed by atoms with Crippen LogP contribution in [-0.4, -0.2) is 30.2 Å². The molecule has 1 aliphatic rings. The fourth-order valence-corrected chi connectivity index (χ4v) is 3.49. The topological polar surface area (TPSA) is 29.5 Å². The maximum Gasteiger partial charge on any atom is 0.240 e. The summed E-state index contributed by atoms with van der Waals surface area (Å²) >= 11 is 1.52. The van der Waals surface area contributed by atoms with Gasteiger partial charge in [0.15, 0.2) is 0 Å². The molecule has 0 radical (unpaired) electrons. The van der Waals surface area contributed by atoms with Gasteiger partial charge < -0.3 is 9.64 Å². The molecular formula is C18H18FNO2S. The molecular weight excluding hydrogens is 313 g/mol. The van der Waals surface area contributed by atoms with Gasteiger partial charge in [0.25, 0.3) is 0 Å². The highest BCUT2D eigenvalue weighted by molar-refractivity contribution is 7.99. The molecule has 5 heteroatoms. The maximum atomic E-state index is 13.3. The summed E-state index contributed by atoms with van der Waals surface area (Å²) in [6.45, 7) is 1.31. The summed E-state index contributed by atoms with van der Waals surface area (Å²) in [6.07, 6.45) is 1.94. The maximum absolute atomic E-state index is 13.3. The van der Waals surface area contributed by atoms with Crippen LogP contribution in [0.2, 0.25) is 0 Å². The summed E-state index contributed by atoms with van der Waals surface area (Å²) in [4.78, 5) is 14.7. The second-order valence-electron chi connectivity index (χ2n) is 5.39. The first-order valence-electron chi connectivity index (χ1n) is 7.47. The zero-order chi connectivity index (χ0) is 16.2. The third kappa shape index (κ3) is 3.50.